The summed E-state index contributed by atoms with van der Waals surface area (Å²) >= 11 is 0. The topological polar surface area (TPSA) is 114 Å². The van der Waals surface area contributed by atoms with Gasteiger partial charge in [-0.15, -0.1) is 0 Å². The van der Waals surface area contributed by atoms with Crippen LogP contribution in [0.4, 0.5) is 0 Å². The molecular formula is C16H34CaO6S2. The number of unbranched alkanes of at least 4 members (excludes halogenated alkanes) is 10. The summed E-state index contributed by atoms with van der Waals surface area (Å²) in [4.78, 5) is 0. The summed E-state index contributed by atoms with van der Waals surface area (Å²) < 4.78 is 61.0. The minimum atomic E-state index is -3.97. The Kier molecular flexibility index (Phi) is 24.4. The van der Waals surface area contributed by atoms with Crippen molar-refractivity contribution in [2.45, 2.75) is 90.9 Å². The van der Waals surface area contributed by atoms with Gasteiger partial charge in [0.25, 0.3) is 0 Å². The fraction of sp³-hybridized carbons (Fsp3) is 1.00. The van der Waals surface area contributed by atoms with E-state index in [1.807, 2.05) is 0 Å². The summed E-state index contributed by atoms with van der Waals surface area (Å²) in [7, 11) is -7.93. The van der Waals surface area contributed by atoms with Gasteiger partial charge >= 0.3 is 37.7 Å². The van der Waals surface area contributed by atoms with Crippen molar-refractivity contribution in [2.24, 2.45) is 0 Å². The van der Waals surface area contributed by atoms with Crippen LogP contribution < -0.4 is 0 Å². The third-order valence-corrected chi connectivity index (χ3v) is 5.07. The summed E-state index contributed by atoms with van der Waals surface area (Å²) in [6.07, 6.45) is 11.9. The van der Waals surface area contributed by atoms with Crippen molar-refractivity contribution in [1.82, 2.24) is 0 Å². The monoisotopic (exact) mass is 426 g/mol. The molecule has 0 atom stereocenters. The van der Waals surface area contributed by atoms with E-state index >= 15 is 0 Å². The molecule has 9 heteroatoms. The van der Waals surface area contributed by atoms with Gasteiger partial charge in [-0.05, 0) is 12.8 Å². The second-order valence-electron chi connectivity index (χ2n) is 6.06. The van der Waals surface area contributed by atoms with Gasteiger partial charge in [0.05, 0.1) is 20.2 Å². The van der Waals surface area contributed by atoms with Crippen LogP contribution in [0.2, 0.25) is 0 Å². The SMILES string of the molecule is CCCCCCCCS(=O)(=O)[O-].CCCCCCCCS(=O)(=O)[O-].[Ca+2]. The summed E-state index contributed by atoms with van der Waals surface area (Å²) in [6.45, 7) is 4.25. The largest absolute Gasteiger partial charge is 2.00 e. The fourth-order valence-corrected chi connectivity index (χ4v) is 3.23. The summed E-state index contributed by atoms with van der Waals surface area (Å²) in [6, 6.07) is 0. The van der Waals surface area contributed by atoms with Gasteiger partial charge in [0.1, 0.15) is 0 Å². The first kappa shape index (κ1) is 30.8. The molecule has 148 valence electrons. The van der Waals surface area contributed by atoms with E-state index in [2.05, 4.69) is 13.8 Å². The third kappa shape index (κ3) is 36.7. The van der Waals surface area contributed by atoms with E-state index in [0.717, 1.165) is 38.5 Å². The molecule has 0 heterocycles. The average Bonchev–Trinajstić information content (AvgIpc) is 2.45. The Hall–Kier alpha value is 1.08. The summed E-state index contributed by atoms with van der Waals surface area (Å²) in [5.74, 6) is -0.391. The molecule has 0 aliphatic rings. The molecule has 6 nitrogen and oxygen atoms in total. The van der Waals surface area contributed by atoms with E-state index in [0.29, 0.717) is 12.8 Å². The number of hydrogen-bond donors (Lipinski definition) is 0. The molecule has 0 fully saturated rings. The maximum atomic E-state index is 10.2. The van der Waals surface area contributed by atoms with Crippen molar-refractivity contribution in [2.75, 3.05) is 11.5 Å². The van der Waals surface area contributed by atoms with Gasteiger partial charge in [0, 0.05) is 11.5 Å². The maximum Gasteiger partial charge on any atom is 2.00 e. The zero-order valence-electron chi connectivity index (χ0n) is 15.9. The quantitative estimate of drug-likeness (QED) is 0.239. The first-order chi connectivity index (χ1) is 11.1. The van der Waals surface area contributed by atoms with Gasteiger partial charge in [-0.3, -0.25) is 0 Å². The van der Waals surface area contributed by atoms with Gasteiger partial charge in [0.15, 0.2) is 0 Å². The number of hydrogen-bond acceptors (Lipinski definition) is 6. The van der Waals surface area contributed by atoms with Crippen LogP contribution in [-0.2, 0) is 20.2 Å². The Bertz CT molecular complexity index is 419. The molecule has 0 N–H and O–H groups in total. The van der Waals surface area contributed by atoms with Crippen LogP contribution in [0.25, 0.3) is 0 Å². The molecule has 0 saturated heterocycles. The van der Waals surface area contributed by atoms with E-state index in [-0.39, 0.29) is 49.2 Å². The van der Waals surface area contributed by atoms with Gasteiger partial charge in [-0.2, -0.15) is 0 Å². The molecule has 0 rings (SSSR count). The Morgan fingerprint density at radius 3 is 1.00 bits per heavy atom. The Labute approximate surface area is 185 Å². The molecule has 0 amide bonds. The molecule has 0 unspecified atom stereocenters. The van der Waals surface area contributed by atoms with Crippen LogP contribution in [0.15, 0.2) is 0 Å². The van der Waals surface area contributed by atoms with Gasteiger partial charge < -0.3 is 9.11 Å². The van der Waals surface area contributed by atoms with Crippen molar-refractivity contribution in [1.29, 1.82) is 0 Å². The van der Waals surface area contributed by atoms with Crippen molar-refractivity contribution >= 4 is 58.0 Å². The fourth-order valence-electron chi connectivity index (χ4n) is 2.12. The van der Waals surface area contributed by atoms with Crippen LogP contribution in [0.1, 0.15) is 90.9 Å². The van der Waals surface area contributed by atoms with Crippen LogP contribution >= 0.6 is 0 Å². The summed E-state index contributed by atoms with van der Waals surface area (Å²) in [5, 5.41) is 0. The van der Waals surface area contributed by atoms with E-state index in [1.165, 1.54) is 25.7 Å². The molecule has 0 bridgehead atoms. The zero-order chi connectivity index (χ0) is 18.9. The second kappa shape index (κ2) is 19.8. The van der Waals surface area contributed by atoms with E-state index < -0.39 is 20.2 Å². The standard InChI is InChI=1S/2C8H18O3S.Ca/c2*1-2-3-4-5-6-7-8-12(9,10)11;/h2*2-8H2,1H3,(H,9,10,11);/q;;+2/p-2. The molecule has 0 aromatic rings. The van der Waals surface area contributed by atoms with E-state index in [1.54, 1.807) is 0 Å². The van der Waals surface area contributed by atoms with Crippen LogP contribution in [0.5, 0.6) is 0 Å². The molecule has 0 aliphatic heterocycles. The molecule has 0 aromatic carbocycles. The van der Waals surface area contributed by atoms with Gasteiger partial charge in [0.2, 0.25) is 0 Å². The van der Waals surface area contributed by atoms with Crippen LogP contribution in [-0.4, -0.2) is 75.2 Å². The van der Waals surface area contributed by atoms with Crippen molar-refractivity contribution in [3.63, 3.8) is 0 Å². The summed E-state index contributed by atoms with van der Waals surface area (Å²) in [5.41, 5.74) is 0. The minimum absolute atomic E-state index is 0. The van der Waals surface area contributed by atoms with Crippen LogP contribution in [0.3, 0.4) is 0 Å². The zero-order valence-corrected chi connectivity index (χ0v) is 19.7. The van der Waals surface area contributed by atoms with E-state index in [9.17, 15) is 25.9 Å². The second-order valence-corrected chi connectivity index (χ2v) is 9.11. The molecule has 0 aliphatic carbocycles. The smallest absolute Gasteiger partial charge is 0.748 e. The molecule has 0 aromatic heterocycles. The average molecular weight is 427 g/mol. The molecule has 0 spiro atoms. The Morgan fingerprint density at radius 2 is 0.760 bits per heavy atom. The van der Waals surface area contributed by atoms with Crippen LogP contribution in [0, 0.1) is 0 Å². The predicted molar refractivity (Wildman–Crippen MR) is 102 cm³/mol. The van der Waals surface area contributed by atoms with E-state index in [4.69, 9.17) is 0 Å². The van der Waals surface area contributed by atoms with Crippen molar-refractivity contribution in [3.8, 4) is 0 Å². The van der Waals surface area contributed by atoms with Crippen molar-refractivity contribution < 1.29 is 25.9 Å². The first-order valence-corrected chi connectivity index (χ1v) is 12.1. The first-order valence-electron chi connectivity index (χ1n) is 8.99. The normalized spacial score (nSPS) is 11.4. The Balaban J connectivity index is -0.000000372. The van der Waals surface area contributed by atoms with Crippen molar-refractivity contribution in [3.05, 3.63) is 0 Å². The molecule has 0 saturated carbocycles. The van der Waals surface area contributed by atoms with Gasteiger partial charge in [-0.1, -0.05) is 78.1 Å². The molecule has 0 radical (unpaired) electrons. The van der Waals surface area contributed by atoms with Gasteiger partial charge in [-0.25, -0.2) is 16.8 Å². The predicted octanol–water partition coefficient (Wildman–Crippen LogP) is 3.40. The molecular weight excluding hydrogens is 392 g/mol. The number of rotatable bonds is 14. The minimum Gasteiger partial charge on any atom is -0.748 e. The Morgan fingerprint density at radius 1 is 0.520 bits per heavy atom. The third-order valence-electron chi connectivity index (χ3n) is 3.50. The molecule has 25 heavy (non-hydrogen) atoms. The maximum absolute atomic E-state index is 10.2.